The molecule has 0 atom stereocenters. The van der Waals surface area contributed by atoms with E-state index in [-0.39, 0.29) is 10.6 Å². The molecule has 2 N–H and O–H groups in total. The molecule has 0 bridgehead atoms. The van der Waals surface area contributed by atoms with Gasteiger partial charge in [-0.1, -0.05) is 36.4 Å². The summed E-state index contributed by atoms with van der Waals surface area (Å²) in [5.74, 6) is -0.501. The van der Waals surface area contributed by atoms with Crippen LogP contribution in [0.1, 0.15) is 5.56 Å². The standard InChI is InChI=1S/C15H12N2O3S/c18-15(16-12-7-2-1-3-8-12)13-10-11-6-4-5-9-14(11)21(19,20)17-13/h1-10,17H,(H,16,18). The second-order valence-electron chi connectivity index (χ2n) is 4.52. The Hall–Kier alpha value is -2.60. The first kappa shape index (κ1) is 13.4. The molecule has 1 aliphatic rings. The van der Waals surface area contributed by atoms with Gasteiger partial charge in [0, 0.05) is 5.69 Å². The highest BCUT2D eigenvalue weighted by molar-refractivity contribution is 7.89. The number of fused-ring (bicyclic) bond motifs is 1. The molecule has 1 aliphatic heterocycles. The van der Waals surface area contributed by atoms with Crippen LogP contribution in [0.2, 0.25) is 0 Å². The van der Waals surface area contributed by atoms with Crippen LogP contribution in [-0.4, -0.2) is 14.3 Å². The lowest BCUT2D eigenvalue weighted by Crippen LogP contribution is -2.33. The monoisotopic (exact) mass is 300 g/mol. The molecule has 0 fully saturated rings. The van der Waals surface area contributed by atoms with E-state index in [1.807, 2.05) is 6.07 Å². The zero-order chi connectivity index (χ0) is 14.9. The highest BCUT2D eigenvalue weighted by atomic mass is 32.2. The van der Waals surface area contributed by atoms with Crippen molar-refractivity contribution in [2.75, 3.05) is 5.32 Å². The lowest BCUT2D eigenvalue weighted by molar-refractivity contribution is -0.113. The van der Waals surface area contributed by atoms with Crippen molar-refractivity contribution in [3.63, 3.8) is 0 Å². The highest BCUT2D eigenvalue weighted by Gasteiger charge is 2.26. The summed E-state index contributed by atoms with van der Waals surface area (Å²) in [7, 11) is -3.71. The predicted octanol–water partition coefficient (Wildman–Crippen LogP) is 1.96. The van der Waals surface area contributed by atoms with E-state index < -0.39 is 15.9 Å². The molecule has 106 valence electrons. The third-order valence-electron chi connectivity index (χ3n) is 3.03. The van der Waals surface area contributed by atoms with Gasteiger partial charge in [0.25, 0.3) is 15.9 Å². The van der Waals surface area contributed by atoms with Crippen LogP contribution in [0.3, 0.4) is 0 Å². The molecule has 0 aromatic heterocycles. The molecular formula is C15H12N2O3S. The Kier molecular flexibility index (Phi) is 3.23. The molecule has 0 saturated carbocycles. The number of sulfonamides is 1. The molecule has 0 aliphatic carbocycles. The summed E-state index contributed by atoms with van der Waals surface area (Å²) in [6, 6.07) is 15.4. The van der Waals surface area contributed by atoms with E-state index in [4.69, 9.17) is 0 Å². The van der Waals surface area contributed by atoms with Gasteiger partial charge in [-0.15, -0.1) is 0 Å². The van der Waals surface area contributed by atoms with Gasteiger partial charge in [-0.25, -0.2) is 8.42 Å². The van der Waals surface area contributed by atoms with Gasteiger partial charge >= 0.3 is 0 Å². The fourth-order valence-electron chi connectivity index (χ4n) is 2.06. The van der Waals surface area contributed by atoms with Crippen molar-refractivity contribution < 1.29 is 13.2 Å². The fourth-order valence-corrected chi connectivity index (χ4v) is 3.31. The van der Waals surface area contributed by atoms with Gasteiger partial charge in [0.2, 0.25) is 0 Å². The van der Waals surface area contributed by atoms with Gasteiger partial charge in [-0.2, -0.15) is 0 Å². The predicted molar refractivity (Wildman–Crippen MR) is 79.8 cm³/mol. The number of amides is 1. The molecule has 3 rings (SSSR count). The van der Waals surface area contributed by atoms with Crippen LogP contribution in [-0.2, 0) is 14.8 Å². The third-order valence-corrected chi connectivity index (χ3v) is 4.47. The van der Waals surface area contributed by atoms with Crippen LogP contribution in [0, 0.1) is 0 Å². The summed E-state index contributed by atoms with van der Waals surface area (Å²) in [4.78, 5) is 12.3. The number of hydrogen-bond donors (Lipinski definition) is 2. The minimum atomic E-state index is -3.71. The van der Waals surface area contributed by atoms with E-state index in [2.05, 4.69) is 10.0 Å². The van der Waals surface area contributed by atoms with Crippen LogP contribution in [0.5, 0.6) is 0 Å². The maximum atomic E-state index is 12.2. The van der Waals surface area contributed by atoms with Crippen molar-refractivity contribution in [2.24, 2.45) is 0 Å². The van der Waals surface area contributed by atoms with Crippen LogP contribution >= 0.6 is 0 Å². The van der Waals surface area contributed by atoms with Crippen LogP contribution in [0.4, 0.5) is 5.69 Å². The Morgan fingerprint density at radius 3 is 2.38 bits per heavy atom. The molecule has 21 heavy (non-hydrogen) atoms. The lowest BCUT2D eigenvalue weighted by atomic mass is 10.2. The van der Waals surface area contributed by atoms with Crippen molar-refractivity contribution in [3.8, 4) is 0 Å². The molecule has 1 amide bonds. The normalized spacial score (nSPS) is 15.3. The molecule has 0 unspecified atom stereocenters. The van der Waals surface area contributed by atoms with E-state index in [9.17, 15) is 13.2 Å². The average Bonchev–Trinajstić information content (AvgIpc) is 2.47. The summed E-state index contributed by atoms with van der Waals surface area (Å²) in [5, 5.41) is 2.65. The number of carbonyl (C=O) groups is 1. The quantitative estimate of drug-likeness (QED) is 0.890. The molecular weight excluding hydrogens is 288 g/mol. The smallest absolute Gasteiger partial charge is 0.272 e. The molecule has 0 saturated heterocycles. The Bertz CT molecular complexity index is 827. The zero-order valence-electron chi connectivity index (χ0n) is 10.9. The van der Waals surface area contributed by atoms with Gasteiger partial charge in [-0.05, 0) is 29.8 Å². The Labute approximate surface area is 122 Å². The molecule has 2 aromatic rings. The summed E-state index contributed by atoms with van der Waals surface area (Å²) in [5.41, 5.74) is 1.09. The number of hydrogen-bond acceptors (Lipinski definition) is 3. The second-order valence-corrected chi connectivity index (χ2v) is 6.17. The van der Waals surface area contributed by atoms with Crippen molar-refractivity contribution in [1.82, 2.24) is 4.72 Å². The van der Waals surface area contributed by atoms with E-state index in [0.29, 0.717) is 11.3 Å². The zero-order valence-corrected chi connectivity index (χ0v) is 11.7. The minimum absolute atomic E-state index is 0.00227. The van der Waals surface area contributed by atoms with Crippen LogP contribution in [0.15, 0.2) is 65.2 Å². The Balaban J connectivity index is 1.94. The first-order valence-electron chi connectivity index (χ1n) is 6.26. The maximum absolute atomic E-state index is 12.2. The third kappa shape index (κ3) is 2.66. The van der Waals surface area contributed by atoms with Crippen molar-refractivity contribution in [3.05, 3.63) is 65.9 Å². The Morgan fingerprint density at radius 1 is 0.952 bits per heavy atom. The molecule has 0 radical (unpaired) electrons. The minimum Gasteiger partial charge on any atom is -0.321 e. The Morgan fingerprint density at radius 2 is 1.62 bits per heavy atom. The summed E-state index contributed by atoms with van der Waals surface area (Å²) >= 11 is 0. The maximum Gasteiger partial charge on any atom is 0.272 e. The van der Waals surface area contributed by atoms with Crippen LogP contribution in [0.25, 0.3) is 6.08 Å². The number of rotatable bonds is 2. The molecule has 0 spiro atoms. The summed E-state index contributed by atoms with van der Waals surface area (Å²) in [6.45, 7) is 0. The lowest BCUT2D eigenvalue weighted by Gasteiger charge is -2.18. The number of anilines is 1. The highest BCUT2D eigenvalue weighted by Crippen LogP contribution is 2.23. The molecule has 1 heterocycles. The van der Waals surface area contributed by atoms with Gasteiger partial charge in [-0.3, -0.25) is 9.52 Å². The SMILES string of the molecule is O=C(Nc1ccccc1)C1=Cc2ccccc2S(=O)(=O)N1. The van der Waals surface area contributed by atoms with Crippen molar-refractivity contribution in [1.29, 1.82) is 0 Å². The summed E-state index contributed by atoms with van der Waals surface area (Å²) < 4.78 is 26.5. The fraction of sp³-hybridized carbons (Fsp3) is 0. The molecule has 2 aromatic carbocycles. The topological polar surface area (TPSA) is 75.3 Å². The second kappa shape index (κ2) is 5.06. The van der Waals surface area contributed by atoms with Crippen molar-refractivity contribution >= 4 is 27.7 Å². The van der Waals surface area contributed by atoms with Gasteiger partial charge in [0.15, 0.2) is 0 Å². The first-order valence-corrected chi connectivity index (χ1v) is 7.74. The number of para-hydroxylation sites is 1. The van der Waals surface area contributed by atoms with E-state index in [0.717, 1.165) is 0 Å². The van der Waals surface area contributed by atoms with Gasteiger partial charge in [0.1, 0.15) is 5.70 Å². The van der Waals surface area contributed by atoms with Crippen molar-refractivity contribution in [2.45, 2.75) is 4.90 Å². The number of benzene rings is 2. The van der Waals surface area contributed by atoms with E-state index in [1.165, 1.54) is 12.1 Å². The number of nitrogens with one attached hydrogen (secondary N) is 2. The first-order chi connectivity index (χ1) is 10.1. The largest absolute Gasteiger partial charge is 0.321 e. The van der Waals surface area contributed by atoms with Gasteiger partial charge < -0.3 is 5.32 Å². The summed E-state index contributed by atoms with van der Waals surface area (Å²) in [6.07, 6.45) is 1.52. The number of carbonyl (C=O) groups excluding carboxylic acids is 1. The van der Waals surface area contributed by atoms with Crippen LogP contribution < -0.4 is 10.0 Å². The molecule has 6 heteroatoms. The molecule has 5 nitrogen and oxygen atoms in total. The van der Waals surface area contributed by atoms with E-state index in [1.54, 1.807) is 42.5 Å². The van der Waals surface area contributed by atoms with Gasteiger partial charge in [0.05, 0.1) is 4.90 Å². The van der Waals surface area contributed by atoms with E-state index >= 15 is 0 Å². The average molecular weight is 300 g/mol.